The van der Waals surface area contributed by atoms with E-state index in [0.29, 0.717) is 5.69 Å². The molecule has 1 aliphatic rings. The van der Waals surface area contributed by atoms with Gasteiger partial charge >= 0.3 is 11.9 Å². The van der Waals surface area contributed by atoms with Crippen LogP contribution in [0.1, 0.15) is 0 Å². The Kier molecular flexibility index (Phi) is 6.23. The van der Waals surface area contributed by atoms with Crippen LogP contribution in [0.25, 0.3) is 21.8 Å². The van der Waals surface area contributed by atoms with E-state index in [1.165, 1.54) is 31.6 Å². The lowest BCUT2D eigenvalue weighted by Crippen LogP contribution is -2.26. The van der Waals surface area contributed by atoms with Crippen LogP contribution < -0.4 is 4.90 Å². The lowest BCUT2D eigenvalue weighted by molar-refractivity contribution is -0.139. The van der Waals surface area contributed by atoms with Crippen molar-refractivity contribution in [3.05, 3.63) is 89.9 Å². The van der Waals surface area contributed by atoms with E-state index in [4.69, 9.17) is 14.5 Å². The third-order valence-electron chi connectivity index (χ3n) is 4.72. The number of benzene rings is 1. The standard InChI is InChI=1S/C24H19N3O4S/c1-30-23(28)19-10-3-4-12-27(21(19)24(29)31-2)18-9-5-7-16(13-18)20-15-32-22(26-20)17-8-6-11-25-14-17/h3-15H,1-2H3. The molecule has 160 valence electrons. The summed E-state index contributed by atoms with van der Waals surface area (Å²) >= 11 is 1.53. The molecule has 1 aliphatic heterocycles. The Hall–Kier alpha value is -4.04. The van der Waals surface area contributed by atoms with E-state index in [0.717, 1.165) is 21.8 Å². The molecule has 3 heterocycles. The molecule has 4 rings (SSSR count). The highest BCUT2D eigenvalue weighted by molar-refractivity contribution is 7.13. The van der Waals surface area contributed by atoms with Gasteiger partial charge in [-0.25, -0.2) is 14.6 Å². The molecule has 0 bridgehead atoms. The van der Waals surface area contributed by atoms with Crippen molar-refractivity contribution in [2.75, 3.05) is 19.1 Å². The highest BCUT2D eigenvalue weighted by Gasteiger charge is 2.27. The van der Waals surface area contributed by atoms with Gasteiger partial charge in [-0.05, 0) is 36.4 Å². The second-order valence-corrected chi connectivity index (χ2v) is 7.50. The van der Waals surface area contributed by atoms with E-state index in [1.54, 1.807) is 35.6 Å². The molecular formula is C24H19N3O4S. The van der Waals surface area contributed by atoms with Crippen molar-refractivity contribution in [1.29, 1.82) is 0 Å². The van der Waals surface area contributed by atoms with Crippen molar-refractivity contribution in [3.8, 4) is 21.8 Å². The predicted molar refractivity (Wildman–Crippen MR) is 123 cm³/mol. The van der Waals surface area contributed by atoms with E-state index in [9.17, 15) is 9.59 Å². The third-order valence-corrected chi connectivity index (χ3v) is 5.61. The number of hydrogen-bond donors (Lipinski definition) is 0. The molecule has 2 aromatic heterocycles. The average molecular weight is 446 g/mol. The van der Waals surface area contributed by atoms with E-state index >= 15 is 0 Å². The molecule has 0 aliphatic carbocycles. The fraction of sp³-hybridized carbons (Fsp3) is 0.0833. The quantitative estimate of drug-likeness (QED) is 0.540. The third kappa shape index (κ3) is 4.21. The largest absolute Gasteiger partial charge is 0.465 e. The van der Waals surface area contributed by atoms with Gasteiger partial charge < -0.3 is 14.4 Å². The first-order valence-corrected chi connectivity index (χ1v) is 10.5. The number of hydrogen-bond acceptors (Lipinski definition) is 8. The molecule has 0 radical (unpaired) electrons. The van der Waals surface area contributed by atoms with E-state index in [1.807, 2.05) is 41.8 Å². The number of thiazole rings is 1. The van der Waals surface area contributed by atoms with Gasteiger partial charge in [0.15, 0.2) is 0 Å². The van der Waals surface area contributed by atoms with Crippen LogP contribution in [0, 0.1) is 0 Å². The Balaban J connectivity index is 1.76. The molecule has 0 N–H and O–H groups in total. The minimum Gasteiger partial charge on any atom is -0.465 e. The van der Waals surface area contributed by atoms with Crippen molar-refractivity contribution >= 4 is 29.0 Å². The minimum atomic E-state index is -0.653. The maximum Gasteiger partial charge on any atom is 0.355 e. The minimum absolute atomic E-state index is 0.0656. The first kappa shape index (κ1) is 21.2. The first-order valence-electron chi connectivity index (χ1n) is 9.63. The summed E-state index contributed by atoms with van der Waals surface area (Å²) in [6, 6.07) is 11.4. The summed E-state index contributed by atoms with van der Waals surface area (Å²) in [5, 5.41) is 2.83. The molecule has 0 saturated heterocycles. The zero-order valence-electron chi connectivity index (χ0n) is 17.4. The van der Waals surface area contributed by atoms with Gasteiger partial charge in [0.2, 0.25) is 0 Å². The molecule has 8 heteroatoms. The number of esters is 2. The molecule has 0 amide bonds. The van der Waals surface area contributed by atoms with Crippen molar-refractivity contribution in [3.63, 3.8) is 0 Å². The summed E-state index contributed by atoms with van der Waals surface area (Å²) in [5.74, 6) is -1.29. The Labute approximate surface area is 189 Å². The Morgan fingerprint density at radius 1 is 1.00 bits per heavy atom. The van der Waals surface area contributed by atoms with Crippen LogP contribution in [0.2, 0.25) is 0 Å². The summed E-state index contributed by atoms with van der Waals surface area (Å²) in [6.07, 6.45) is 10.1. The van der Waals surface area contributed by atoms with Crippen LogP contribution in [-0.2, 0) is 19.1 Å². The number of methoxy groups -OCH3 is 2. The first-order chi connectivity index (χ1) is 15.6. The second kappa shape index (κ2) is 9.40. The van der Waals surface area contributed by atoms with E-state index in [2.05, 4.69) is 4.98 Å². The number of anilines is 1. The number of allylic oxidation sites excluding steroid dienone is 2. The van der Waals surface area contributed by atoms with Crippen LogP contribution in [0.4, 0.5) is 5.69 Å². The van der Waals surface area contributed by atoms with Gasteiger partial charge in [0.1, 0.15) is 10.7 Å². The smallest absolute Gasteiger partial charge is 0.355 e. The van der Waals surface area contributed by atoms with Crippen LogP contribution in [-0.4, -0.2) is 36.1 Å². The molecule has 7 nitrogen and oxygen atoms in total. The zero-order valence-corrected chi connectivity index (χ0v) is 18.2. The number of carbonyl (C=O) groups excluding carboxylic acids is 2. The second-order valence-electron chi connectivity index (χ2n) is 6.65. The topological polar surface area (TPSA) is 81.6 Å². The number of rotatable bonds is 5. The van der Waals surface area contributed by atoms with Gasteiger partial charge in [-0.15, -0.1) is 11.3 Å². The Morgan fingerprint density at radius 2 is 1.81 bits per heavy atom. The van der Waals surface area contributed by atoms with Crippen molar-refractivity contribution in [2.45, 2.75) is 0 Å². The SMILES string of the molecule is COC(=O)C1=C(C(=O)OC)N(c2cccc(-c3csc(-c4cccnc4)n3)c2)C=CC=C1. The fourth-order valence-corrected chi connectivity index (χ4v) is 4.03. The Morgan fingerprint density at radius 3 is 2.56 bits per heavy atom. The highest BCUT2D eigenvalue weighted by atomic mass is 32.1. The monoisotopic (exact) mass is 445 g/mol. The predicted octanol–water partition coefficient (Wildman–Crippen LogP) is 4.36. The number of nitrogens with zero attached hydrogens (tertiary/aromatic N) is 3. The van der Waals surface area contributed by atoms with Crippen LogP contribution in [0.3, 0.4) is 0 Å². The molecule has 0 atom stereocenters. The molecule has 0 fully saturated rings. The van der Waals surface area contributed by atoms with Gasteiger partial charge in [0, 0.05) is 40.8 Å². The molecule has 0 unspecified atom stereocenters. The molecule has 3 aromatic rings. The van der Waals surface area contributed by atoms with Crippen molar-refractivity contribution < 1.29 is 19.1 Å². The molecular weight excluding hydrogens is 426 g/mol. The van der Waals surface area contributed by atoms with Gasteiger partial charge in [0.25, 0.3) is 0 Å². The summed E-state index contributed by atoms with van der Waals surface area (Å²) in [6.45, 7) is 0. The lowest BCUT2D eigenvalue weighted by Gasteiger charge is -2.23. The average Bonchev–Trinajstić information content (AvgIpc) is 3.24. The normalized spacial score (nSPS) is 13.1. The number of carbonyl (C=O) groups is 2. The molecule has 32 heavy (non-hydrogen) atoms. The van der Waals surface area contributed by atoms with Crippen LogP contribution in [0.5, 0.6) is 0 Å². The van der Waals surface area contributed by atoms with Crippen LogP contribution >= 0.6 is 11.3 Å². The molecule has 0 saturated carbocycles. The highest BCUT2D eigenvalue weighted by Crippen LogP contribution is 2.32. The summed E-state index contributed by atoms with van der Waals surface area (Å²) < 4.78 is 9.83. The molecule has 0 spiro atoms. The van der Waals surface area contributed by atoms with Crippen molar-refractivity contribution in [1.82, 2.24) is 9.97 Å². The van der Waals surface area contributed by atoms with Gasteiger partial charge in [0.05, 0.1) is 25.5 Å². The fourth-order valence-electron chi connectivity index (χ4n) is 3.21. The molecule has 1 aromatic carbocycles. The maximum absolute atomic E-state index is 12.6. The Bertz CT molecular complexity index is 1240. The maximum atomic E-state index is 12.6. The number of pyridine rings is 1. The number of aromatic nitrogens is 2. The lowest BCUT2D eigenvalue weighted by atomic mass is 10.1. The summed E-state index contributed by atoms with van der Waals surface area (Å²) in [5.41, 5.74) is 3.44. The van der Waals surface area contributed by atoms with Crippen molar-refractivity contribution in [2.24, 2.45) is 0 Å². The van der Waals surface area contributed by atoms with E-state index < -0.39 is 11.9 Å². The van der Waals surface area contributed by atoms with Crippen LogP contribution in [0.15, 0.2) is 89.9 Å². The van der Waals surface area contributed by atoms with Gasteiger partial charge in [-0.1, -0.05) is 18.2 Å². The number of ether oxygens (including phenoxy) is 2. The van der Waals surface area contributed by atoms with Gasteiger partial charge in [-0.2, -0.15) is 0 Å². The summed E-state index contributed by atoms with van der Waals surface area (Å²) in [7, 11) is 2.54. The van der Waals surface area contributed by atoms with E-state index in [-0.39, 0.29) is 11.3 Å². The van der Waals surface area contributed by atoms with Gasteiger partial charge in [-0.3, -0.25) is 4.98 Å². The zero-order chi connectivity index (χ0) is 22.5. The summed E-state index contributed by atoms with van der Waals surface area (Å²) in [4.78, 5) is 35.5.